The van der Waals surface area contributed by atoms with Crippen molar-refractivity contribution in [1.82, 2.24) is 9.80 Å². The summed E-state index contributed by atoms with van der Waals surface area (Å²) in [6.45, 7) is 4.74. The zero-order chi connectivity index (χ0) is 20.9. The van der Waals surface area contributed by atoms with Gasteiger partial charge in [0, 0.05) is 32.7 Å². The largest absolute Gasteiger partial charge is 0.497 e. The number of carbonyl (C=O) groups is 2. The second kappa shape index (κ2) is 9.28. The lowest BCUT2D eigenvalue weighted by molar-refractivity contribution is -0.123. The molecule has 0 spiro atoms. The smallest absolute Gasteiger partial charge is 0.251 e. The fourth-order valence-corrected chi connectivity index (χ4v) is 4.01. The first kappa shape index (κ1) is 20.4. The molecule has 1 atom stereocenters. The second-order valence-corrected chi connectivity index (χ2v) is 7.52. The van der Waals surface area contributed by atoms with Crippen LogP contribution < -0.4 is 14.4 Å². The highest BCUT2D eigenvalue weighted by atomic mass is 16.5. The van der Waals surface area contributed by atoms with E-state index in [-0.39, 0.29) is 24.3 Å². The molecule has 158 valence electrons. The van der Waals surface area contributed by atoms with Gasteiger partial charge in [0.2, 0.25) is 5.91 Å². The number of ether oxygens (including phenoxy) is 2. The first-order chi connectivity index (χ1) is 14.7. The van der Waals surface area contributed by atoms with Gasteiger partial charge in [-0.05, 0) is 36.4 Å². The molecule has 2 amide bonds. The molecule has 30 heavy (non-hydrogen) atoms. The highest BCUT2D eigenvalue weighted by Crippen LogP contribution is 2.27. The maximum absolute atomic E-state index is 13.0. The molecule has 0 aliphatic carbocycles. The SMILES string of the molecule is COc1ccc(N2C(=O)CC(N3CCN(CCOc4ccccc4)CC3)C2=O)cc1. The third kappa shape index (κ3) is 4.47. The normalized spacial score (nSPS) is 20.6. The minimum Gasteiger partial charge on any atom is -0.497 e. The molecule has 7 heteroatoms. The Kier molecular flexibility index (Phi) is 6.30. The summed E-state index contributed by atoms with van der Waals surface area (Å²) in [7, 11) is 1.59. The average molecular weight is 409 g/mol. The van der Waals surface area contributed by atoms with Gasteiger partial charge in [0.15, 0.2) is 0 Å². The number of benzene rings is 2. The van der Waals surface area contributed by atoms with Gasteiger partial charge in [-0.2, -0.15) is 0 Å². The number of hydrogen-bond acceptors (Lipinski definition) is 6. The monoisotopic (exact) mass is 409 g/mol. The first-order valence-electron chi connectivity index (χ1n) is 10.3. The Bertz CT molecular complexity index is 864. The van der Waals surface area contributed by atoms with Gasteiger partial charge in [0.1, 0.15) is 18.1 Å². The molecule has 2 aromatic rings. The van der Waals surface area contributed by atoms with Gasteiger partial charge in [-0.1, -0.05) is 18.2 Å². The molecule has 2 fully saturated rings. The lowest BCUT2D eigenvalue weighted by Crippen LogP contribution is -2.53. The number of rotatable bonds is 7. The standard InChI is InChI=1S/C23H27N3O4/c1-29-19-9-7-18(8-10-19)26-22(27)17-21(23(26)28)25-13-11-24(12-14-25)15-16-30-20-5-3-2-4-6-20/h2-10,21H,11-17H2,1H3. The summed E-state index contributed by atoms with van der Waals surface area (Å²) in [6.07, 6.45) is 0.238. The third-order valence-corrected chi connectivity index (χ3v) is 5.72. The zero-order valence-electron chi connectivity index (χ0n) is 17.2. The van der Waals surface area contributed by atoms with Crippen molar-refractivity contribution in [3.8, 4) is 11.5 Å². The van der Waals surface area contributed by atoms with Crippen LogP contribution in [0.3, 0.4) is 0 Å². The van der Waals surface area contributed by atoms with Crippen molar-refractivity contribution in [3.05, 3.63) is 54.6 Å². The van der Waals surface area contributed by atoms with E-state index in [4.69, 9.17) is 9.47 Å². The molecule has 2 aliphatic rings. The highest BCUT2D eigenvalue weighted by Gasteiger charge is 2.43. The number of amides is 2. The number of methoxy groups -OCH3 is 1. The molecule has 7 nitrogen and oxygen atoms in total. The highest BCUT2D eigenvalue weighted by molar-refractivity contribution is 6.22. The molecule has 1 unspecified atom stereocenters. The molecule has 2 aliphatic heterocycles. The number of hydrogen-bond donors (Lipinski definition) is 0. The van der Waals surface area contributed by atoms with Crippen LogP contribution in [0.2, 0.25) is 0 Å². The van der Waals surface area contributed by atoms with Crippen molar-refractivity contribution in [2.24, 2.45) is 0 Å². The minimum atomic E-state index is -0.373. The van der Waals surface area contributed by atoms with Crippen LogP contribution in [0.4, 0.5) is 5.69 Å². The van der Waals surface area contributed by atoms with E-state index in [1.54, 1.807) is 31.4 Å². The zero-order valence-corrected chi connectivity index (χ0v) is 17.2. The van der Waals surface area contributed by atoms with Gasteiger partial charge in [-0.25, -0.2) is 4.90 Å². The summed E-state index contributed by atoms with van der Waals surface area (Å²) in [4.78, 5) is 31.3. The van der Waals surface area contributed by atoms with E-state index in [0.29, 0.717) is 18.0 Å². The molecule has 4 rings (SSSR count). The Labute approximate surface area is 176 Å². The minimum absolute atomic E-state index is 0.133. The predicted octanol–water partition coefficient (Wildman–Crippen LogP) is 2.02. The van der Waals surface area contributed by atoms with Gasteiger partial charge < -0.3 is 9.47 Å². The lowest BCUT2D eigenvalue weighted by Gasteiger charge is -2.36. The van der Waals surface area contributed by atoms with E-state index in [2.05, 4.69) is 9.80 Å². The Morgan fingerprint density at radius 1 is 0.900 bits per heavy atom. The molecule has 2 heterocycles. The van der Waals surface area contributed by atoms with E-state index in [1.807, 2.05) is 30.3 Å². The van der Waals surface area contributed by atoms with Crippen molar-refractivity contribution >= 4 is 17.5 Å². The van der Waals surface area contributed by atoms with Crippen molar-refractivity contribution in [1.29, 1.82) is 0 Å². The van der Waals surface area contributed by atoms with Gasteiger partial charge >= 0.3 is 0 Å². The molecule has 0 bridgehead atoms. The summed E-state index contributed by atoms with van der Waals surface area (Å²) in [6, 6.07) is 16.5. The van der Waals surface area contributed by atoms with E-state index < -0.39 is 0 Å². The van der Waals surface area contributed by atoms with Crippen LogP contribution in [0.5, 0.6) is 11.5 Å². The molecule has 0 N–H and O–H groups in total. The molecule has 2 aromatic carbocycles. The number of carbonyl (C=O) groups excluding carboxylic acids is 2. The van der Waals surface area contributed by atoms with Crippen LogP contribution in [0.1, 0.15) is 6.42 Å². The second-order valence-electron chi connectivity index (χ2n) is 7.52. The van der Waals surface area contributed by atoms with Gasteiger partial charge in [0.05, 0.1) is 25.3 Å². The number of imide groups is 1. The summed E-state index contributed by atoms with van der Waals surface area (Å²) in [5, 5.41) is 0. The third-order valence-electron chi connectivity index (χ3n) is 5.72. The number of nitrogens with zero attached hydrogens (tertiary/aromatic N) is 3. The Balaban J connectivity index is 1.28. The maximum atomic E-state index is 13.0. The van der Waals surface area contributed by atoms with Crippen LogP contribution in [-0.2, 0) is 9.59 Å². The first-order valence-corrected chi connectivity index (χ1v) is 10.3. The quantitative estimate of drug-likeness (QED) is 0.652. The molecule has 0 saturated carbocycles. The fourth-order valence-electron chi connectivity index (χ4n) is 4.01. The van der Waals surface area contributed by atoms with Gasteiger partial charge in [-0.3, -0.25) is 19.4 Å². The topological polar surface area (TPSA) is 62.3 Å². The summed E-state index contributed by atoms with van der Waals surface area (Å²) < 4.78 is 10.9. The van der Waals surface area contributed by atoms with E-state index in [0.717, 1.165) is 38.5 Å². The van der Waals surface area contributed by atoms with E-state index in [1.165, 1.54) is 4.90 Å². The van der Waals surface area contributed by atoms with Crippen LogP contribution in [0.15, 0.2) is 54.6 Å². The van der Waals surface area contributed by atoms with Crippen LogP contribution >= 0.6 is 0 Å². The average Bonchev–Trinajstić information content (AvgIpc) is 3.09. The Morgan fingerprint density at radius 2 is 1.60 bits per heavy atom. The fraction of sp³-hybridized carbons (Fsp3) is 0.391. The van der Waals surface area contributed by atoms with Crippen molar-refractivity contribution in [2.45, 2.75) is 12.5 Å². The molecular formula is C23H27N3O4. The number of piperazine rings is 1. The summed E-state index contributed by atoms with van der Waals surface area (Å²) in [5.41, 5.74) is 0.602. The lowest BCUT2D eigenvalue weighted by atomic mass is 10.1. The number of anilines is 1. The number of para-hydroxylation sites is 1. The van der Waals surface area contributed by atoms with Crippen molar-refractivity contribution in [3.63, 3.8) is 0 Å². The summed E-state index contributed by atoms with van der Waals surface area (Å²) >= 11 is 0. The van der Waals surface area contributed by atoms with Crippen LogP contribution in [0, 0.1) is 0 Å². The summed E-state index contributed by atoms with van der Waals surface area (Å²) in [5.74, 6) is 1.30. The maximum Gasteiger partial charge on any atom is 0.251 e. The predicted molar refractivity (Wildman–Crippen MR) is 114 cm³/mol. The van der Waals surface area contributed by atoms with Crippen molar-refractivity contribution in [2.75, 3.05) is 51.3 Å². The van der Waals surface area contributed by atoms with Crippen LogP contribution in [0.25, 0.3) is 0 Å². The molecule has 2 saturated heterocycles. The van der Waals surface area contributed by atoms with Gasteiger partial charge in [0.25, 0.3) is 5.91 Å². The Morgan fingerprint density at radius 3 is 2.27 bits per heavy atom. The molecule has 0 radical (unpaired) electrons. The van der Waals surface area contributed by atoms with Crippen LogP contribution in [-0.4, -0.2) is 74.1 Å². The Hall–Kier alpha value is -2.90. The molecule has 0 aromatic heterocycles. The van der Waals surface area contributed by atoms with E-state index in [9.17, 15) is 9.59 Å². The molecular weight excluding hydrogens is 382 g/mol. The van der Waals surface area contributed by atoms with Crippen molar-refractivity contribution < 1.29 is 19.1 Å². The van der Waals surface area contributed by atoms with E-state index >= 15 is 0 Å². The van der Waals surface area contributed by atoms with Gasteiger partial charge in [-0.15, -0.1) is 0 Å².